The third-order valence-corrected chi connectivity index (χ3v) is 4.95. The molecule has 0 radical (unpaired) electrons. The summed E-state index contributed by atoms with van der Waals surface area (Å²) in [5.74, 6) is -0.0969. The van der Waals surface area contributed by atoms with E-state index in [4.69, 9.17) is 5.73 Å². The van der Waals surface area contributed by atoms with E-state index in [0.29, 0.717) is 11.4 Å². The van der Waals surface area contributed by atoms with Crippen molar-refractivity contribution in [3.8, 4) is 0 Å². The van der Waals surface area contributed by atoms with Gasteiger partial charge in [0.25, 0.3) is 0 Å². The average molecular weight is 293 g/mol. The zero-order valence-electron chi connectivity index (χ0n) is 11.7. The molecule has 108 valence electrons. The van der Waals surface area contributed by atoms with Crippen molar-refractivity contribution < 1.29 is 8.42 Å². The predicted molar refractivity (Wildman–Crippen MR) is 79.0 cm³/mol. The van der Waals surface area contributed by atoms with Crippen molar-refractivity contribution in [3.05, 3.63) is 42.2 Å². The van der Waals surface area contributed by atoms with Gasteiger partial charge in [0.2, 0.25) is 0 Å². The molecule has 0 fully saturated rings. The lowest BCUT2D eigenvalue weighted by atomic mass is 10.3. The highest BCUT2D eigenvalue weighted by atomic mass is 32.2. The maximum absolute atomic E-state index is 12.3. The van der Waals surface area contributed by atoms with Crippen LogP contribution in [0.3, 0.4) is 0 Å². The highest BCUT2D eigenvalue weighted by Crippen LogP contribution is 2.18. The van der Waals surface area contributed by atoms with Crippen LogP contribution in [0.25, 0.3) is 0 Å². The summed E-state index contributed by atoms with van der Waals surface area (Å²) in [5, 5.41) is 4.32. The molecule has 2 rings (SSSR count). The SMILES string of the molecule is CCC(C)n1ccc(CS(=O)(=O)c2ccc(N)cc2)n1. The molecule has 1 aromatic carbocycles. The molecule has 2 aromatic rings. The van der Waals surface area contributed by atoms with Crippen molar-refractivity contribution in [3.63, 3.8) is 0 Å². The number of sulfone groups is 1. The second kappa shape index (κ2) is 5.66. The molecule has 0 aliphatic rings. The summed E-state index contributed by atoms with van der Waals surface area (Å²) < 4.78 is 26.3. The summed E-state index contributed by atoms with van der Waals surface area (Å²) >= 11 is 0. The van der Waals surface area contributed by atoms with E-state index in [1.807, 2.05) is 13.1 Å². The standard InChI is InChI=1S/C14H19N3O2S/c1-3-11(2)17-9-8-13(16-17)10-20(18,19)14-6-4-12(15)5-7-14/h4-9,11H,3,10,15H2,1-2H3. The molecule has 0 saturated carbocycles. The molecular weight excluding hydrogens is 274 g/mol. The van der Waals surface area contributed by atoms with Crippen molar-refractivity contribution in [2.24, 2.45) is 0 Å². The summed E-state index contributed by atoms with van der Waals surface area (Å²) in [6, 6.07) is 8.24. The Morgan fingerprint density at radius 3 is 2.50 bits per heavy atom. The fourth-order valence-electron chi connectivity index (χ4n) is 1.84. The van der Waals surface area contributed by atoms with Crippen molar-refractivity contribution in [2.75, 3.05) is 5.73 Å². The Kier molecular flexibility index (Phi) is 4.13. The van der Waals surface area contributed by atoms with Crippen LogP contribution in [0.15, 0.2) is 41.4 Å². The number of nitrogen functional groups attached to an aromatic ring is 1. The first-order valence-electron chi connectivity index (χ1n) is 6.54. The number of rotatable bonds is 5. The maximum atomic E-state index is 12.3. The molecule has 20 heavy (non-hydrogen) atoms. The molecule has 0 aliphatic heterocycles. The number of aromatic nitrogens is 2. The molecule has 6 heteroatoms. The minimum absolute atomic E-state index is 0.0969. The Morgan fingerprint density at radius 2 is 1.90 bits per heavy atom. The van der Waals surface area contributed by atoms with E-state index < -0.39 is 9.84 Å². The number of benzene rings is 1. The number of anilines is 1. The van der Waals surface area contributed by atoms with E-state index in [9.17, 15) is 8.42 Å². The monoisotopic (exact) mass is 293 g/mol. The molecule has 0 bridgehead atoms. The molecule has 0 saturated heterocycles. The van der Waals surface area contributed by atoms with Crippen LogP contribution in [0, 0.1) is 0 Å². The Morgan fingerprint density at radius 1 is 1.25 bits per heavy atom. The number of nitrogens with zero attached hydrogens (tertiary/aromatic N) is 2. The number of nitrogens with two attached hydrogens (primary N) is 1. The smallest absolute Gasteiger partial charge is 0.184 e. The molecular formula is C14H19N3O2S. The molecule has 1 heterocycles. The minimum Gasteiger partial charge on any atom is -0.399 e. The lowest BCUT2D eigenvalue weighted by Gasteiger charge is -2.08. The molecule has 2 N–H and O–H groups in total. The van der Waals surface area contributed by atoms with Crippen molar-refractivity contribution in [2.45, 2.75) is 37.0 Å². The van der Waals surface area contributed by atoms with Gasteiger partial charge in [-0.2, -0.15) is 5.10 Å². The van der Waals surface area contributed by atoms with E-state index in [2.05, 4.69) is 12.0 Å². The van der Waals surface area contributed by atoms with Crippen LogP contribution in [-0.2, 0) is 15.6 Å². The lowest BCUT2D eigenvalue weighted by Crippen LogP contribution is -2.08. The Hall–Kier alpha value is -1.82. The third kappa shape index (κ3) is 3.19. The van der Waals surface area contributed by atoms with Gasteiger partial charge in [0.05, 0.1) is 16.3 Å². The largest absolute Gasteiger partial charge is 0.399 e. The second-order valence-corrected chi connectivity index (χ2v) is 6.86. The summed E-state index contributed by atoms with van der Waals surface area (Å²) in [6.07, 6.45) is 2.77. The molecule has 1 unspecified atom stereocenters. The first kappa shape index (κ1) is 14.6. The number of hydrogen-bond donors (Lipinski definition) is 1. The van der Waals surface area contributed by atoms with Gasteiger partial charge in [-0.15, -0.1) is 0 Å². The highest BCUT2D eigenvalue weighted by molar-refractivity contribution is 7.90. The molecule has 0 amide bonds. The van der Waals surface area contributed by atoms with E-state index >= 15 is 0 Å². The fraction of sp³-hybridized carbons (Fsp3) is 0.357. The summed E-state index contributed by atoms with van der Waals surface area (Å²) in [7, 11) is -3.38. The van der Waals surface area contributed by atoms with Crippen molar-refractivity contribution in [1.82, 2.24) is 9.78 Å². The molecule has 1 aromatic heterocycles. The van der Waals surface area contributed by atoms with Crippen molar-refractivity contribution >= 4 is 15.5 Å². The Bertz CT molecular complexity index is 675. The lowest BCUT2D eigenvalue weighted by molar-refractivity contribution is 0.475. The molecule has 1 atom stereocenters. The normalized spacial score (nSPS) is 13.3. The van der Waals surface area contributed by atoms with Gasteiger partial charge in [0, 0.05) is 17.9 Å². The molecule has 0 aliphatic carbocycles. The van der Waals surface area contributed by atoms with Gasteiger partial charge in [0.15, 0.2) is 9.84 Å². The van der Waals surface area contributed by atoms with Crippen LogP contribution in [-0.4, -0.2) is 18.2 Å². The van der Waals surface area contributed by atoms with E-state index in [1.165, 1.54) is 12.1 Å². The molecule has 0 spiro atoms. The highest BCUT2D eigenvalue weighted by Gasteiger charge is 2.17. The van der Waals surface area contributed by atoms with Gasteiger partial charge < -0.3 is 5.73 Å². The van der Waals surface area contributed by atoms with Crippen LogP contribution in [0.4, 0.5) is 5.69 Å². The van der Waals surface area contributed by atoms with Gasteiger partial charge in [-0.25, -0.2) is 8.42 Å². The average Bonchev–Trinajstić information content (AvgIpc) is 2.86. The van der Waals surface area contributed by atoms with Crippen LogP contribution in [0.1, 0.15) is 32.0 Å². The van der Waals surface area contributed by atoms with E-state index in [-0.39, 0.29) is 16.7 Å². The maximum Gasteiger partial charge on any atom is 0.184 e. The summed E-state index contributed by atoms with van der Waals surface area (Å²) in [4.78, 5) is 0.268. The Labute approximate surface area is 119 Å². The van der Waals surface area contributed by atoms with Crippen LogP contribution in [0.2, 0.25) is 0 Å². The fourth-order valence-corrected chi connectivity index (χ4v) is 3.10. The van der Waals surface area contributed by atoms with Gasteiger partial charge in [-0.3, -0.25) is 4.68 Å². The van der Waals surface area contributed by atoms with Gasteiger partial charge in [0.1, 0.15) is 0 Å². The van der Waals surface area contributed by atoms with Crippen LogP contribution >= 0.6 is 0 Å². The van der Waals surface area contributed by atoms with Crippen molar-refractivity contribution in [1.29, 1.82) is 0 Å². The van der Waals surface area contributed by atoms with E-state index in [0.717, 1.165) is 6.42 Å². The first-order chi connectivity index (χ1) is 9.42. The van der Waals surface area contributed by atoms with E-state index in [1.54, 1.807) is 22.9 Å². The quantitative estimate of drug-likeness (QED) is 0.859. The summed E-state index contributed by atoms with van der Waals surface area (Å²) in [6.45, 7) is 4.11. The topological polar surface area (TPSA) is 78.0 Å². The second-order valence-electron chi connectivity index (χ2n) is 4.87. The Balaban J connectivity index is 2.20. The van der Waals surface area contributed by atoms with Crippen LogP contribution in [0.5, 0.6) is 0 Å². The summed E-state index contributed by atoms with van der Waals surface area (Å²) in [5.41, 5.74) is 6.67. The third-order valence-electron chi connectivity index (χ3n) is 3.28. The predicted octanol–water partition coefficient (Wildman–Crippen LogP) is 2.41. The zero-order valence-corrected chi connectivity index (χ0v) is 12.5. The zero-order chi connectivity index (χ0) is 14.8. The van der Waals surface area contributed by atoms with Gasteiger partial charge >= 0.3 is 0 Å². The minimum atomic E-state index is -3.38. The first-order valence-corrected chi connectivity index (χ1v) is 8.20. The van der Waals surface area contributed by atoms with Gasteiger partial charge in [-0.1, -0.05) is 6.92 Å². The molecule has 5 nitrogen and oxygen atoms in total. The van der Waals surface area contributed by atoms with Crippen LogP contribution < -0.4 is 5.73 Å². The number of hydrogen-bond acceptors (Lipinski definition) is 4. The van der Waals surface area contributed by atoms with Gasteiger partial charge in [-0.05, 0) is 43.7 Å².